The Kier molecular flexibility index (Phi) is 4.19. The highest BCUT2D eigenvalue weighted by molar-refractivity contribution is 5.80. The fourth-order valence-corrected chi connectivity index (χ4v) is 3.71. The maximum atomic E-state index is 12.4. The average molecular weight is 325 g/mol. The number of carbonyl (C=O) groups excluding carboxylic acids is 1. The van der Waals surface area contributed by atoms with Crippen LogP contribution in [0.3, 0.4) is 0 Å². The number of nitrogens with one attached hydrogen (secondary N) is 1. The molecule has 2 aromatic rings. The van der Waals surface area contributed by atoms with Crippen LogP contribution < -0.4 is 5.32 Å². The van der Waals surface area contributed by atoms with Gasteiger partial charge < -0.3 is 14.8 Å². The number of likely N-dealkylation sites (tertiary alicyclic amines) is 1. The second-order valence-corrected chi connectivity index (χ2v) is 6.60. The first kappa shape index (κ1) is 15.2. The molecule has 2 aliphatic rings. The molecule has 1 N–H and O–H groups in total. The van der Waals surface area contributed by atoms with Crippen LogP contribution in [-0.2, 0) is 17.8 Å². The molecule has 0 saturated carbocycles. The van der Waals surface area contributed by atoms with Gasteiger partial charge in [0.25, 0.3) is 0 Å². The summed E-state index contributed by atoms with van der Waals surface area (Å²) in [6, 6.07) is 9.86. The predicted octanol–water partition coefficient (Wildman–Crippen LogP) is 2.04. The number of hydrogen-bond donors (Lipinski definition) is 1. The lowest BCUT2D eigenvalue weighted by Crippen LogP contribution is -2.41. The molecule has 1 saturated heterocycles. The molecule has 24 heavy (non-hydrogen) atoms. The number of amides is 1. The Labute approximate surface area is 141 Å². The summed E-state index contributed by atoms with van der Waals surface area (Å²) >= 11 is 0. The molecule has 0 radical (unpaired) electrons. The van der Waals surface area contributed by atoms with Gasteiger partial charge in [-0.05, 0) is 31.4 Å². The lowest BCUT2D eigenvalue weighted by Gasteiger charge is -2.31. The lowest BCUT2D eigenvalue weighted by molar-refractivity contribution is -0.130. The molecule has 0 atom stereocenters. The summed E-state index contributed by atoms with van der Waals surface area (Å²) < 4.78 is 2.29. The van der Waals surface area contributed by atoms with Crippen molar-refractivity contribution in [1.29, 1.82) is 0 Å². The molecule has 0 bridgehead atoms. The van der Waals surface area contributed by atoms with Gasteiger partial charge in [-0.1, -0.05) is 18.2 Å². The molecule has 1 amide bonds. The second-order valence-electron chi connectivity index (χ2n) is 6.60. The van der Waals surface area contributed by atoms with Crippen LogP contribution in [-0.4, -0.2) is 45.2 Å². The number of hydrogen-bond acceptors (Lipinski definition) is 4. The van der Waals surface area contributed by atoms with Gasteiger partial charge in [-0.2, -0.15) is 0 Å². The molecule has 126 valence electrons. The van der Waals surface area contributed by atoms with E-state index >= 15 is 0 Å². The van der Waals surface area contributed by atoms with Crippen molar-refractivity contribution in [2.45, 2.75) is 38.1 Å². The van der Waals surface area contributed by atoms with Crippen LogP contribution in [0.25, 0.3) is 0 Å². The van der Waals surface area contributed by atoms with Crippen LogP contribution in [0.2, 0.25) is 0 Å². The average Bonchev–Trinajstić information content (AvgIpc) is 3.24. The number of nitrogens with zero attached hydrogens (tertiary/aromatic N) is 4. The van der Waals surface area contributed by atoms with E-state index in [1.807, 2.05) is 35.2 Å². The predicted molar refractivity (Wildman–Crippen MR) is 91.8 cm³/mol. The highest BCUT2D eigenvalue weighted by Gasteiger charge is 2.29. The molecule has 6 heteroatoms. The highest BCUT2D eigenvalue weighted by Crippen LogP contribution is 2.29. The highest BCUT2D eigenvalue weighted by atomic mass is 16.2. The van der Waals surface area contributed by atoms with Crippen molar-refractivity contribution < 1.29 is 4.79 Å². The quantitative estimate of drug-likeness (QED) is 0.934. The maximum Gasteiger partial charge on any atom is 0.241 e. The van der Waals surface area contributed by atoms with E-state index < -0.39 is 0 Å². The van der Waals surface area contributed by atoms with E-state index in [1.54, 1.807) is 0 Å². The maximum absolute atomic E-state index is 12.4. The summed E-state index contributed by atoms with van der Waals surface area (Å²) in [5.74, 6) is 2.88. The van der Waals surface area contributed by atoms with Crippen molar-refractivity contribution in [1.82, 2.24) is 19.7 Å². The summed E-state index contributed by atoms with van der Waals surface area (Å²) in [7, 11) is 0. The zero-order valence-corrected chi connectivity index (χ0v) is 13.8. The SMILES string of the molecule is O=C(CNc1ccccc1)N1CCC(c2nnc3n2CCC3)CC1. The van der Waals surface area contributed by atoms with Crippen LogP contribution in [0.4, 0.5) is 5.69 Å². The molecule has 0 unspecified atom stereocenters. The van der Waals surface area contributed by atoms with E-state index in [2.05, 4.69) is 20.1 Å². The number of aromatic nitrogens is 3. The Morgan fingerprint density at radius 3 is 2.71 bits per heavy atom. The fourth-order valence-electron chi connectivity index (χ4n) is 3.71. The Hall–Kier alpha value is -2.37. The number of benzene rings is 1. The van der Waals surface area contributed by atoms with E-state index in [1.165, 1.54) is 6.42 Å². The van der Waals surface area contributed by atoms with Gasteiger partial charge in [0.05, 0.1) is 6.54 Å². The zero-order chi connectivity index (χ0) is 16.4. The van der Waals surface area contributed by atoms with Gasteiger partial charge in [0.1, 0.15) is 11.6 Å². The van der Waals surface area contributed by atoms with Gasteiger partial charge in [-0.15, -0.1) is 10.2 Å². The number of para-hydroxylation sites is 1. The van der Waals surface area contributed by atoms with Crippen molar-refractivity contribution >= 4 is 11.6 Å². The van der Waals surface area contributed by atoms with Gasteiger partial charge in [0, 0.05) is 37.7 Å². The summed E-state index contributed by atoms with van der Waals surface area (Å²) in [6.07, 6.45) is 4.19. The largest absolute Gasteiger partial charge is 0.376 e. The van der Waals surface area contributed by atoms with Crippen LogP contribution >= 0.6 is 0 Å². The van der Waals surface area contributed by atoms with Gasteiger partial charge in [-0.3, -0.25) is 4.79 Å². The van der Waals surface area contributed by atoms with Crippen molar-refractivity contribution in [2.75, 3.05) is 25.0 Å². The first-order valence-corrected chi connectivity index (χ1v) is 8.80. The molecular formula is C18H23N5O. The topological polar surface area (TPSA) is 63.1 Å². The van der Waals surface area contributed by atoms with Gasteiger partial charge in [0.15, 0.2) is 0 Å². The summed E-state index contributed by atoms with van der Waals surface area (Å²) in [5, 5.41) is 11.9. The fraction of sp³-hybridized carbons (Fsp3) is 0.500. The Morgan fingerprint density at radius 1 is 1.12 bits per heavy atom. The summed E-state index contributed by atoms with van der Waals surface area (Å²) in [5.41, 5.74) is 0.986. The van der Waals surface area contributed by atoms with Crippen LogP contribution in [0.5, 0.6) is 0 Å². The third kappa shape index (κ3) is 3.00. The van der Waals surface area contributed by atoms with E-state index in [4.69, 9.17) is 0 Å². The number of rotatable bonds is 4. The molecule has 2 aliphatic heterocycles. The Bertz CT molecular complexity index is 703. The molecule has 0 spiro atoms. The minimum Gasteiger partial charge on any atom is -0.376 e. The van der Waals surface area contributed by atoms with Crippen LogP contribution in [0.15, 0.2) is 30.3 Å². The molecule has 4 rings (SSSR count). The number of aryl methyl sites for hydroxylation is 1. The van der Waals surface area contributed by atoms with Gasteiger partial charge >= 0.3 is 0 Å². The van der Waals surface area contributed by atoms with Crippen molar-refractivity contribution in [3.05, 3.63) is 42.0 Å². The first-order valence-electron chi connectivity index (χ1n) is 8.80. The molecule has 3 heterocycles. The summed E-state index contributed by atoms with van der Waals surface area (Å²) in [6.45, 7) is 3.02. The van der Waals surface area contributed by atoms with Crippen LogP contribution in [0.1, 0.15) is 36.8 Å². The third-order valence-electron chi connectivity index (χ3n) is 5.07. The number of piperidine rings is 1. The molecule has 0 aliphatic carbocycles. The van der Waals surface area contributed by atoms with Gasteiger partial charge in [-0.25, -0.2) is 0 Å². The number of anilines is 1. The molecule has 6 nitrogen and oxygen atoms in total. The normalized spacial score (nSPS) is 17.8. The number of fused-ring (bicyclic) bond motifs is 1. The van der Waals surface area contributed by atoms with E-state index in [0.29, 0.717) is 12.5 Å². The molecule has 1 fully saturated rings. The third-order valence-corrected chi connectivity index (χ3v) is 5.07. The molecular weight excluding hydrogens is 302 g/mol. The minimum absolute atomic E-state index is 0.170. The van der Waals surface area contributed by atoms with Crippen molar-refractivity contribution in [3.8, 4) is 0 Å². The monoisotopic (exact) mass is 325 g/mol. The first-order chi connectivity index (χ1) is 11.8. The standard InChI is InChI=1S/C18H23N5O/c24-17(13-19-15-5-2-1-3-6-15)22-11-8-14(9-12-22)18-21-20-16-7-4-10-23(16)18/h1-3,5-6,14,19H,4,7-13H2. The zero-order valence-electron chi connectivity index (χ0n) is 13.8. The molecule has 1 aromatic carbocycles. The van der Waals surface area contributed by atoms with Gasteiger partial charge in [0.2, 0.25) is 5.91 Å². The minimum atomic E-state index is 0.170. The van der Waals surface area contributed by atoms with Crippen LogP contribution in [0, 0.1) is 0 Å². The van der Waals surface area contributed by atoms with Crippen molar-refractivity contribution in [2.24, 2.45) is 0 Å². The second kappa shape index (κ2) is 6.63. The smallest absolute Gasteiger partial charge is 0.241 e. The Morgan fingerprint density at radius 2 is 1.92 bits per heavy atom. The van der Waals surface area contributed by atoms with E-state index in [0.717, 1.165) is 56.2 Å². The van der Waals surface area contributed by atoms with Crippen molar-refractivity contribution in [3.63, 3.8) is 0 Å². The lowest BCUT2D eigenvalue weighted by atomic mass is 9.96. The van der Waals surface area contributed by atoms with E-state index in [-0.39, 0.29) is 5.91 Å². The van der Waals surface area contributed by atoms with E-state index in [9.17, 15) is 4.79 Å². The number of carbonyl (C=O) groups is 1. The Balaban J connectivity index is 1.30. The summed E-state index contributed by atoms with van der Waals surface area (Å²) in [4.78, 5) is 14.3. The molecule has 1 aromatic heterocycles.